The van der Waals surface area contributed by atoms with Gasteiger partial charge in [-0.15, -0.1) is 11.3 Å². The smallest absolute Gasteiger partial charge is 0.0221 e. The Morgan fingerprint density at radius 1 is 1.53 bits per heavy atom. The second-order valence-corrected chi connectivity index (χ2v) is 5.90. The minimum Gasteiger partial charge on any atom is -0.315 e. The molecule has 1 fully saturated rings. The van der Waals surface area contributed by atoms with Crippen LogP contribution in [-0.2, 0) is 6.42 Å². The number of likely N-dealkylation sites (tertiary alicyclic amines) is 1. The highest BCUT2D eigenvalue weighted by Gasteiger charge is 2.23. The predicted molar refractivity (Wildman–Crippen MR) is 75.8 cm³/mol. The second kappa shape index (κ2) is 7.14. The van der Waals surface area contributed by atoms with E-state index >= 15 is 0 Å². The molecule has 0 amide bonds. The van der Waals surface area contributed by atoms with Gasteiger partial charge in [0.1, 0.15) is 0 Å². The molecule has 0 aliphatic carbocycles. The molecule has 17 heavy (non-hydrogen) atoms. The molecule has 0 aromatic carbocycles. The van der Waals surface area contributed by atoms with Gasteiger partial charge in [-0.25, -0.2) is 0 Å². The Morgan fingerprint density at radius 2 is 2.47 bits per heavy atom. The number of hydrogen-bond donors (Lipinski definition) is 1. The first-order chi connectivity index (χ1) is 8.40. The highest BCUT2D eigenvalue weighted by Crippen LogP contribution is 2.18. The minimum atomic E-state index is 0.779. The summed E-state index contributed by atoms with van der Waals surface area (Å²) in [7, 11) is 0. The normalized spacial score (nSPS) is 21.1. The molecule has 1 N–H and O–H groups in total. The lowest BCUT2D eigenvalue weighted by Crippen LogP contribution is -2.39. The fraction of sp³-hybridized carbons (Fsp3) is 0.714. The van der Waals surface area contributed by atoms with Crippen LogP contribution < -0.4 is 5.32 Å². The van der Waals surface area contributed by atoms with E-state index < -0.39 is 0 Å². The van der Waals surface area contributed by atoms with Crippen LogP contribution in [0, 0.1) is 0 Å². The fourth-order valence-corrected chi connectivity index (χ4v) is 3.27. The predicted octanol–water partition coefficient (Wildman–Crippen LogP) is 2.75. The summed E-state index contributed by atoms with van der Waals surface area (Å²) in [6, 6.07) is 5.19. The van der Waals surface area contributed by atoms with Crippen LogP contribution in [0.4, 0.5) is 0 Å². The van der Waals surface area contributed by atoms with E-state index in [2.05, 4.69) is 34.7 Å². The third-order valence-electron chi connectivity index (χ3n) is 3.53. The summed E-state index contributed by atoms with van der Waals surface area (Å²) in [5.41, 5.74) is 0. The zero-order valence-electron chi connectivity index (χ0n) is 10.8. The van der Waals surface area contributed by atoms with Crippen LogP contribution in [0.2, 0.25) is 0 Å². The summed E-state index contributed by atoms with van der Waals surface area (Å²) in [6.07, 6.45) is 5.22. The van der Waals surface area contributed by atoms with Gasteiger partial charge in [0.2, 0.25) is 0 Å². The van der Waals surface area contributed by atoms with Gasteiger partial charge >= 0.3 is 0 Å². The largest absolute Gasteiger partial charge is 0.315 e. The Morgan fingerprint density at radius 3 is 3.24 bits per heavy atom. The van der Waals surface area contributed by atoms with Crippen molar-refractivity contribution in [1.82, 2.24) is 10.2 Å². The van der Waals surface area contributed by atoms with E-state index in [-0.39, 0.29) is 0 Å². The van der Waals surface area contributed by atoms with Crippen molar-refractivity contribution in [1.29, 1.82) is 0 Å². The first-order valence-corrected chi connectivity index (χ1v) is 7.75. The molecule has 1 atom stereocenters. The monoisotopic (exact) mass is 252 g/mol. The summed E-state index contributed by atoms with van der Waals surface area (Å²) < 4.78 is 0. The van der Waals surface area contributed by atoms with Gasteiger partial charge in [-0.2, -0.15) is 0 Å². The SMILES string of the molecule is CCCNCC1CCCN1CCc1cccs1. The topological polar surface area (TPSA) is 15.3 Å². The summed E-state index contributed by atoms with van der Waals surface area (Å²) >= 11 is 1.89. The van der Waals surface area contributed by atoms with Crippen molar-refractivity contribution in [3.8, 4) is 0 Å². The molecule has 0 bridgehead atoms. The second-order valence-electron chi connectivity index (χ2n) is 4.87. The van der Waals surface area contributed by atoms with E-state index in [4.69, 9.17) is 0 Å². The van der Waals surface area contributed by atoms with Crippen molar-refractivity contribution in [3.05, 3.63) is 22.4 Å². The third-order valence-corrected chi connectivity index (χ3v) is 4.47. The molecule has 2 heterocycles. The van der Waals surface area contributed by atoms with Gasteiger partial charge in [0.25, 0.3) is 0 Å². The maximum atomic E-state index is 3.56. The maximum absolute atomic E-state index is 3.56. The Kier molecular flexibility index (Phi) is 5.49. The molecule has 2 rings (SSSR count). The summed E-state index contributed by atoms with van der Waals surface area (Å²) in [5.74, 6) is 0. The summed E-state index contributed by atoms with van der Waals surface area (Å²) in [4.78, 5) is 4.19. The van der Waals surface area contributed by atoms with Crippen LogP contribution in [-0.4, -0.2) is 37.1 Å². The molecule has 1 aromatic rings. The molecular weight excluding hydrogens is 228 g/mol. The first kappa shape index (κ1) is 13.1. The molecule has 1 aromatic heterocycles. The Bertz CT molecular complexity index is 297. The van der Waals surface area contributed by atoms with Gasteiger partial charge in [-0.05, 0) is 50.2 Å². The summed E-state index contributed by atoms with van der Waals surface area (Å²) in [6.45, 7) is 7.10. The molecule has 0 radical (unpaired) electrons. The maximum Gasteiger partial charge on any atom is 0.0221 e. The van der Waals surface area contributed by atoms with Crippen molar-refractivity contribution in [2.45, 2.75) is 38.6 Å². The first-order valence-electron chi connectivity index (χ1n) is 6.87. The zero-order valence-corrected chi connectivity index (χ0v) is 11.6. The van der Waals surface area contributed by atoms with Crippen LogP contribution in [0.25, 0.3) is 0 Å². The summed E-state index contributed by atoms with van der Waals surface area (Å²) in [5, 5.41) is 5.74. The Balaban J connectivity index is 1.71. The van der Waals surface area contributed by atoms with Crippen molar-refractivity contribution in [3.63, 3.8) is 0 Å². The number of nitrogens with one attached hydrogen (secondary N) is 1. The quantitative estimate of drug-likeness (QED) is 0.751. The Labute approximate surface area is 109 Å². The van der Waals surface area contributed by atoms with E-state index in [1.54, 1.807) is 0 Å². The van der Waals surface area contributed by atoms with Crippen LogP contribution in [0.5, 0.6) is 0 Å². The molecule has 3 heteroatoms. The fourth-order valence-electron chi connectivity index (χ4n) is 2.57. The van der Waals surface area contributed by atoms with E-state index in [9.17, 15) is 0 Å². The van der Waals surface area contributed by atoms with E-state index in [0.717, 1.165) is 12.6 Å². The lowest BCUT2D eigenvalue weighted by atomic mass is 10.2. The minimum absolute atomic E-state index is 0.779. The standard InChI is InChI=1S/C14H24N2S/c1-2-8-15-12-13-5-3-9-16(13)10-7-14-6-4-11-17-14/h4,6,11,13,15H,2-3,5,7-10,12H2,1H3. The van der Waals surface area contributed by atoms with Crippen molar-refractivity contribution < 1.29 is 0 Å². The molecule has 96 valence electrons. The average molecular weight is 252 g/mol. The van der Waals surface area contributed by atoms with Crippen LogP contribution in [0.15, 0.2) is 17.5 Å². The van der Waals surface area contributed by atoms with Gasteiger partial charge in [0, 0.05) is 24.0 Å². The highest BCUT2D eigenvalue weighted by atomic mass is 32.1. The van der Waals surface area contributed by atoms with Crippen molar-refractivity contribution in [2.24, 2.45) is 0 Å². The van der Waals surface area contributed by atoms with Gasteiger partial charge < -0.3 is 5.32 Å². The van der Waals surface area contributed by atoms with Gasteiger partial charge in [-0.3, -0.25) is 4.90 Å². The van der Waals surface area contributed by atoms with Crippen molar-refractivity contribution in [2.75, 3.05) is 26.2 Å². The highest BCUT2D eigenvalue weighted by molar-refractivity contribution is 7.09. The van der Waals surface area contributed by atoms with Gasteiger partial charge in [0.15, 0.2) is 0 Å². The molecule has 0 spiro atoms. The number of hydrogen-bond acceptors (Lipinski definition) is 3. The third kappa shape index (κ3) is 4.09. The average Bonchev–Trinajstić information content (AvgIpc) is 2.97. The molecule has 1 saturated heterocycles. The van der Waals surface area contributed by atoms with E-state index in [1.807, 2.05) is 11.3 Å². The zero-order chi connectivity index (χ0) is 11.9. The Hall–Kier alpha value is -0.380. The molecule has 1 unspecified atom stereocenters. The number of rotatable bonds is 7. The van der Waals surface area contributed by atoms with Crippen LogP contribution in [0.1, 0.15) is 31.1 Å². The number of nitrogens with zero attached hydrogens (tertiary/aromatic N) is 1. The molecule has 0 saturated carbocycles. The lowest BCUT2D eigenvalue weighted by molar-refractivity contribution is 0.251. The lowest BCUT2D eigenvalue weighted by Gasteiger charge is -2.24. The van der Waals surface area contributed by atoms with Gasteiger partial charge in [0.05, 0.1) is 0 Å². The van der Waals surface area contributed by atoms with Crippen LogP contribution in [0.3, 0.4) is 0 Å². The molecule has 1 aliphatic heterocycles. The van der Waals surface area contributed by atoms with Crippen molar-refractivity contribution >= 4 is 11.3 Å². The molecule has 2 nitrogen and oxygen atoms in total. The molecule has 1 aliphatic rings. The van der Waals surface area contributed by atoms with E-state index in [1.165, 1.54) is 50.2 Å². The van der Waals surface area contributed by atoms with Gasteiger partial charge in [-0.1, -0.05) is 13.0 Å². The van der Waals surface area contributed by atoms with Crippen LogP contribution >= 0.6 is 11.3 Å². The molecular formula is C14H24N2S. The van der Waals surface area contributed by atoms with E-state index in [0.29, 0.717) is 0 Å². The number of thiophene rings is 1.